The number of hydrogen-bond donors (Lipinski definition) is 2. The number of halogens is 1. The van der Waals surface area contributed by atoms with Gasteiger partial charge < -0.3 is 20.3 Å². The first-order chi connectivity index (χ1) is 11.2. The van der Waals surface area contributed by atoms with Crippen LogP contribution in [-0.2, 0) is 4.74 Å². The summed E-state index contributed by atoms with van der Waals surface area (Å²) in [4.78, 5) is 14.6. The topological polar surface area (TPSA) is 53.6 Å². The molecule has 2 N–H and O–H groups in total. The third-order valence-electron chi connectivity index (χ3n) is 4.65. The maximum absolute atomic E-state index is 12.1. The summed E-state index contributed by atoms with van der Waals surface area (Å²) < 4.78 is 5.43. The van der Waals surface area contributed by atoms with Crippen molar-refractivity contribution >= 4 is 23.3 Å². The van der Waals surface area contributed by atoms with E-state index in [0.29, 0.717) is 11.1 Å². The number of hydrogen-bond acceptors (Lipinski definition) is 3. The number of ether oxygens (including phenoxy) is 1. The van der Waals surface area contributed by atoms with Gasteiger partial charge in [-0.05, 0) is 43.9 Å². The lowest BCUT2D eigenvalue weighted by Gasteiger charge is -2.39. The fourth-order valence-electron chi connectivity index (χ4n) is 3.38. The molecule has 0 aromatic heterocycles. The summed E-state index contributed by atoms with van der Waals surface area (Å²) in [5.74, 6) is 0. The van der Waals surface area contributed by atoms with Crippen LogP contribution in [0.25, 0.3) is 0 Å². The molecule has 126 valence electrons. The van der Waals surface area contributed by atoms with Crippen molar-refractivity contribution in [2.75, 3.05) is 31.6 Å². The molecule has 2 amide bonds. The summed E-state index contributed by atoms with van der Waals surface area (Å²) in [7, 11) is 0. The molecule has 0 atom stereocenters. The molecule has 0 radical (unpaired) electrons. The maximum Gasteiger partial charge on any atom is 0.319 e. The van der Waals surface area contributed by atoms with Crippen LogP contribution in [0.1, 0.15) is 25.7 Å². The van der Waals surface area contributed by atoms with Crippen LogP contribution >= 0.6 is 11.6 Å². The van der Waals surface area contributed by atoms with Crippen molar-refractivity contribution in [3.63, 3.8) is 0 Å². The largest absolute Gasteiger partial charge is 0.381 e. The molecule has 2 aliphatic heterocycles. The summed E-state index contributed by atoms with van der Waals surface area (Å²) in [5.41, 5.74) is 0.717. The number of nitrogens with zero attached hydrogens (tertiary/aromatic N) is 1. The van der Waals surface area contributed by atoms with Crippen LogP contribution in [-0.4, -0.2) is 49.3 Å². The van der Waals surface area contributed by atoms with Crippen LogP contribution in [0.5, 0.6) is 0 Å². The van der Waals surface area contributed by atoms with Crippen molar-refractivity contribution in [3.8, 4) is 0 Å². The average Bonchev–Trinajstić information content (AvgIpc) is 2.56. The molecule has 2 saturated heterocycles. The van der Waals surface area contributed by atoms with Gasteiger partial charge in [0.25, 0.3) is 0 Å². The van der Waals surface area contributed by atoms with Crippen molar-refractivity contribution in [3.05, 3.63) is 29.3 Å². The lowest BCUT2D eigenvalue weighted by molar-refractivity contribution is 0.0244. The highest BCUT2D eigenvalue weighted by Gasteiger charge is 2.27. The van der Waals surface area contributed by atoms with Crippen molar-refractivity contribution in [2.24, 2.45) is 0 Å². The molecule has 2 heterocycles. The van der Waals surface area contributed by atoms with Crippen LogP contribution in [0.4, 0.5) is 10.5 Å². The Bertz CT molecular complexity index is 526. The number of benzene rings is 1. The molecule has 0 saturated carbocycles. The van der Waals surface area contributed by atoms with Gasteiger partial charge >= 0.3 is 6.03 Å². The number of likely N-dealkylation sites (tertiary alicyclic amines) is 1. The van der Waals surface area contributed by atoms with E-state index in [2.05, 4.69) is 15.5 Å². The fraction of sp³-hybridized carbons (Fsp3) is 0.588. The molecule has 0 spiro atoms. The SMILES string of the molecule is O=C(Nc1cccc(Cl)c1)NC1CCN(C2CCOCC2)CC1. The van der Waals surface area contributed by atoms with Gasteiger partial charge in [-0.1, -0.05) is 17.7 Å². The predicted octanol–water partition coefficient (Wildman–Crippen LogP) is 3.10. The molecule has 0 unspecified atom stereocenters. The first-order valence-corrected chi connectivity index (χ1v) is 8.73. The lowest BCUT2D eigenvalue weighted by atomic mass is 10.00. The average molecular weight is 338 g/mol. The number of anilines is 1. The monoisotopic (exact) mass is 337 g/mol. The summed E-state index contributed by atoms with van der Waals surface area (Å²) in [6.07, 6.45) is 4.27. The van der Waals surface area contributed by atoms with Gasteiger partial charge in [0.15, 0.2) is 0 Å². The number of urea groups is 1. The Morgan fingerprint density at radius 1 is 1.17 bits per heavy atom. The Morgan fingerprint density at radius 3 is 2.61 bits per heavy atom. The van der Waals surface area contributed by atoms with Crippen molar-refractivity contribution < 1.29 is 9.53 Å². The van der Waals surface area contributed by atoms with E-state index in [-0.39, 0.29) is 12.1 Å². The van der Waals surface area contributed by atoms with Gasteiger partial charge in [0.05, 0.1) is 0 Å². The van der Waals surface area contributed by atoms with E-state index >= 15 is 0 Å². The van der Waals surface area contributed by atoms with Crippen molar-refractivity contribution in [1.29, 1.82) is 0 Å². The highest BCUT2D eigenvalue weighted by Crippen LogP contribution is 2.20. The van der Waals surface area contributed by atoms with Crippen molar-refractivity contribution in [2.45, 2.75) is 37.8 Å². The second kappa shape index (κ2) is 7.99. The van der Waals surface area contributed by atoms with E-state index in [4.69, 9.17) is 16.3 Å². The van der Waals surface area contributed by atoms with Gasteiger partial charge in [0.1, 0.15) is 0 Å². The molecule has 5 nitrogen and oxygen atoms in total. The number of rotatable bonds is 3. The third-order valence-corrected chi connectivity index (χ3v) is 4.89. The second-order valence-corrected chi connectivity index (χ2v) is 6.70. The van der Waals surface area contributed by atoms with Gasteiger partial charge in [-0.15, -0.1) is 0 Å². The van der Waals surface area contributed by atoms with Crippen LogP contribution < -0.4 is 10.6 Å². The summed E-state index contributed by atoms with van der Waals surface area (Å²) in [5, 5.41) is 6.52. The second-order valence-electron chi connectivity index (χ2n) is 6.26. The lowest BCUT2D eigenvalue weighted by Crippen LogP contribution is -2.49. The summed E-state index contributed by atoms with van der Waals surface area (Å²) in [6.45, 7) is 3.86. The molecule has 23 heavy (non-hydrogen) atoms. The van der Waals surface area contributed by atoms with Crippen molar-refractivity contribution in [1.82, 2.24) is 10.2 Å². The van der Waals surface area contributed by atoms with Crippen LogP contribution in [0.3, 0.4) is 0 Å². The molecule has 6 heteroatoms. The fourth-order valence-corrected chi connectivity index (χ4v) is 3.57. The first-order valence-electron chi connectivity index (χ1n) is 8.35. The Labute approximate surface area is 142 Å². The Morgan fingerprint density at radius 2 is 1.91 bits per heavy atom. The molecule has 1 aromatic carbocycles. The zero-order chi connectivity index (χ0) is 16.1. The van der Waals surface area contributed by atoms with Crippen LogP contribution in [0.2, 0.25) is 5.02 Å². The number of piperidine rings is 1. The van der Waals surface area contributed by atoms with E-state index in [9.17, 15) is 4.79 Å². The van der Waals surface area contributed by atoms with E-state index in [1.807, 2.05) is 12.1 Å². The van der Waals surface area contributed by atoms with E-state index < -0.39 is 0 Å². The number of amides is 2. The minimum absolute atomic E-state index is 0.156. The Kier molecular flexibility index (Phi) is 5.75. The standard InChI is InChI=1S/C17H24ClN3O2/c18-13-2-1-3-15(12-13)20-17(22)19-14-4-8-21(9-5-14)16-6-10-23-11-7-16/h1-3,12,14,16H,4-11H2,(H2,19,20,22). The zero-order valence-corrected chi connectivity index (χ0v) is 14.0. The van der Waals surface area contributed by atoms with Crippen LogP contribution in [0, 0.1) is 0 Å². The zero-order valence-electron chi connectivity index (χ0n) is 13.3. The molecule has 2 aliphatic rings. The highest BCUT2D eigenvalue weighted by molar-refractivity contribution is 6.30. The number of carbonyl (C=O) groups excluding carboxylic acids is 1. The van der Waals surface area contributed by atoms with E-state index in [0.717, 1.165) is 57.7 Å². The third kappa shape index (κ3) is 4.83. The molecular weight excluding hydrogens is 314 g/mol. The number of nitrogens with one attached hydrogen (secondary N) is 2. The molecule has 0 aliphatic carbocycles. The minimum Gasteiger partial charge on any atom is -0.381 e. The molecule has 2 fully saturated rings. The smallest absolute Gasteiger partial charge is 0.319 e. The molecule has 3 rings (SSSR count). The molecular formula is C17H24ClN3O2. The minimum atomic E-state index is -0.156. The number of carbonyl (C=O) groups is 1. The van der Waals surface area contributed by atoms with Gasteiger partial charge in [0, 0.05) is 49.1 Å². The highest BCUT2D eigenvalue weighted by atomic mass is 35.5. The first kappa shape index (κ1) is 16.6. The Balaban J connectivity index is 1.42. The summed E-state index contributed by atoms with van der Waals surface area (Å²) in [6, 6.07) is 7.93. The Hall–Kier alpha value is -1.30. The predicted molar refractivity (Wildman–Crippen MR) is 92.0 cm³/mol. The van der Waals surface area contributed by atoms with Gasteiger partial charge in [0.2, 0.25) is 0 Å². The summed E-state index contributed by atoms with van der Waals surface area (Å²) >= 11 is 5.92. The molecule has 1 aromatic rings. The van der Waals surface area contributed by atoms with Gasteiger partial charge in [-0.25, -0.2) is 4.79 Å². The van der Waals surface area contributed by atoms with Gasteiger partial charge in [-0.2, -0.15) is 0 Å². The van der Waals surface area contributed by atoms with E-state index in [1.165, 1.54) is 0 Å². The quantitative estimate of drug-likeness (QED) is 0.891. The van der Waals surface area contributed by atoms with E-state index in [1.54, 1.807) is 12.1 Å². The molecule has 0 bridgehead atoms. The van der Waals surface area contributed by atoms with Crippen LogP contribution in [0.15, 0.2) is 24.3 Å². The maximum atomic E-state index is 12.1. The van der Waals surface area contributed by atoms with Gasteiger partial charge in [-0.3, -0.25) is 0 Å². The normalized spacial score (nSPS) is 21.1.